The molecule has 3 rings (SSSR count). The lowest BCUT2D eigenvalue weighted by Gasteiger charge is -2.32. The zero-order chi connectivity index (χ0) is 17.1. The van der Waals surface area contributed by atoms with Gasteiger partial charge in [0.2, 0.25) is 0 Å². The number of nitrogens with one attached hydrogen (secondary N) is 1. The molecule has 0 aromatic carbocycles. The lowest BCUT2D eigenvalue weighted by atomic mass is 9.97. The molecule has 0 bridgehead atoms. The maximum absolute atomic E-state index is 13.0. The minimum Gasteiger partial charge on any atom is -0.338 e. The summed E-state index contributed by atoms with van der Waals surface area (Å²) in [5.74, 6) is 1.55. The van der Waals surface area contributed by atoms with E-state index in [2.05, 4.69) is 14.9 Å². The van der Waals surface area contributed by atoms with Crippen LogP contribution >= 0.6 is 0 Å². The minimum absolute atomic E-state index is 0.145. The van der Waals surface area contributed by atoms with E-state index in [1.54, 1.807) is 6.20 Å². The lowest BCUT2D eigenvalue weighted by molar-refractivity contribution is 0.0673. The number of hydrogen-bond donors (Lipinski definition) is 1. The molecule has 0 saturated carbocycles. The Morgan fingerprint density at radius 1 is 1.38 bits per heavy atom. The van der Waals surface area contributed by atoms with E-state index in [1.165, 1.54) is 6.42 Å². The molecular weight excluding hydrogens is 300 g/mol. The average molecular weight is 326 g/mol. The second-order valence-electron chi connectivity index (χ2n) is 6.63. The van der Waals surface area contributed by atoms with Crippen molar-refractivity contribution in [3.05, 3.63) is 47.4 Å². The van der Waals surface area contributed by atoms with E-state index < -0.39 is 0 Å². The second-order valence-corrected chi connectivity index (χ2v) is 6.63. The van der Waals surface area contributed by atoms with E-state index in [1.807, 2.05) is 50.1 Å². The summed E-state index contributed by atoms with van der Waals surface area (Å²) in [4.78, 5) is 19.5. The Balaban J connectivity index is 1.86. The number of aryl methyl sites for hydroxylation is 1. The molecule has 2 aromatic heterocycles. The molecule has 1 amide bonds. The number of aromatic nitrogens is 2. The van der Waals surface area contributed by atoms with E-state index in [-0.39, 0.29) is 5.91 Å². The Morgan fingerprint density at radius 2 is 2.21 bits per heavy atom. The Kier molecular flexibility index (Phi) is 5.00. The fraction of sp³-hybridized carbons (Fsp3) is 0.474. The zero-order valence-electron chi connectivity index (χ0n) is 14.7. The van der Waals surface area contributed by atoms with Crippen molar-refractivity contribution < 1.29 is 4.79 Å². The number of amides is 1. The molecule has 1 saturated heterocycles. The maximum Gasteiger partial charge on any atom is 0.255 e. The van der Waals surface area contributed by atoms with Gasteiger partial charge in [-0.2, -0.15) is 0 Å². The molecule has 1 aliphatic heterocycles. The summed E-state index contributed by atoms with van der Waals surface area (Å²) in [5, 5.41) is 3.23. The van der Waals surface area contributed by atoms with Crippen LogP contribution in [0.25, 0.3) is 5.82 Å². The molecule has 24 heavy (non-hydrogen) atoms. The molecule has 1 atom stereocenters. The number of rotatable bonds is 4. The third-order valence-corrected chi connectivity index (χ3v) is 4.84. The van der Waals surface area contributed by atoms with Gasteiger partial charge in [-0.05, 0) is 64.4 Å². The van der Waals surface area contributed by atoms with E-state index in [9.17, 15) is 4.79 Å². The highest BCUT2D eigenvalue weighted by molar-refractivity contribution is 5.96. The summed E-state index contributed by atoms with van der Waals surface area (Å²) in [6.07, 6.45) is 4.05. The normalized spacial score (nSPS) is 18.0. The number of pyridine rings is 1. The lowest BCUT2D eigenvalue weighted by Crippen LogP contribution is -2.42. The molecule has 2 aromatic rings. The van der Waals surface area contributed by atoms with Crippen molar-refractivity contribution >= 4 is 5.91 Å². The van der Waals surface area contributed by atoms with Gasteiger partial charge >= 0.3 is 0 Å². The average Bonchev–Trinajstić information content (AvgIpc) is 2.90. The fourth-order valence-electron chi connectivity index (χ4n) is 3.69. The Morgan fingerprint density at radius 3 is 2.92 bits per heavy atom. The van der Waals surface area contributed by atoms with Crippen molar-refractivity contribution in [1.82, 2.24) is 19.8 Å². The number of hydrogen-bond acceptors (Lipinski definition) is 3. The van der Waals surface area contributed by atoms with Crippen LogP contribution in [-0.2, 0) is 0 Å². The summed E-state index contributed by atoms with van der Waals surface area (Å²) in [5.41, 5.74) is 2.80. The van der Waals surface area contributed by atoms with Crippen molar-refractivity contribution in [2.75, 3.05) is 26.7 Å². The summed E-state index contributed by atoms with van der Waals surface area (Å²) in [6, 6.07) is 7.83. The maximum atomic E-state index is 13.0. The Bertz CT molecular complexity index is 706. The molecule has 0 aliphatic carbocycles. The van der Waals surface area contributed by atoms with Crippen LogP contribution in [0.15, 0.2) is 30.5 Å². The molecule has 0 radical (unpaired) electrons. The number of carbonyl (C=O) groups is 1. The standard InChI is InChI=1S/C19H26N4O/c1-14-11-17(15(2)23(14)18-8-4-5-9-21-18)19(24)22-10-6-7-16(13-22)12-20-3/h4-5,8-9,11,16,20H,6-7,10,12-13H2,1-3H3. The highest BCUT2D eigenvalue weighted by Crippen LogP contribution is 2.23. The van der Waals surface area contributed by atoms with Crippen LogP contribution in [0.5, 0.6) is 0 Å². The summed E-state index contributed by atoms with van der Waals surface area (Å²) >= 11 is 0. The van der Waals surface area contributed by atoms with Crippen LogP contribution in [0.3, 0.4) is 0 Å². The largest absolute Gasteiger partial charge is 0.338 e. The van der Waals surface area contributed by atoms with Gasteiger partial charge in [-0.15, -0.1) is 0 Å². The van der Waals surface area contributed by atoms with Crippen LogP contribution in [0.2, 0.25) is 0 Å². The van der Waals surface area contributed by atoms with Gasteiger partial charge in [0.15, 0.2) is 0 Å². The first-order valence-electron chi connectivity index (χ1n) is 8.66. The van der Waals surface area contributed by atoms with Crippen molar-refractivity contribution in [3.8, 4) is 5.82 Å². The first-order valence-corrected chi connectivity index (χ1v) is 8.66. The third-order valence-electron chi connectivity index (χ3n) is 4.84. The molecule has 5 heteroatoms. The van der Waals surface area contributed by atoms with E-state index in [0.717, 1.165) is 48.8 Å². The van der Waals surface area contributed by atoms with Crippen LogP contribution in [0, 0.1) is 19.8 Å². The first-order chi connectivity index (χ1) is 11.6. The number of nitrogens with zero attached hydrogens (tertiary/aromatic N) is 3. The Hall–Kier alpha value is -2.14. The predicted octanol–water partition coefficient (Wildman–Crippen LogP) is 2.56. The van der Waals surface area contributed by atoms with Gasteiger partial charge in [0.1, 0.15) is 5.82 Å². The molecule has 5 nitrogen and oxygen atoms in total. The first kappa shape index (κ1) is 16.7. The van der Waals surface area contributed by atoms with Gasteiger partial charge in [-0.3, -0.25) is 4.79 Å². The molecule has 1 aliphatic rings. The fourth-order valence-corrected chi connectivity index (χ4v) is 3.69. The van der Waals surface area contributed by atoms with Crippen LogP contribution in [0.1, 0.15) is 34.6 Å². The smallest absolute Gasteiger partial charge is 0.255 e. The molecule has 1 N–H and O–H groups in total. The van der Waals surface area contributed by atoms with Crippen LogP contribution in [0.4, 0.5) is 0 Å². The van der Waals surface area contributed by atoms with Gasteiger partial charge in [0.25, 0.3) is 5.91 Å². The van der Waals surface area contributed by atoms with Crippen LogP contribution in [-0.4, -0.2) is 47.0 Å². The van der Waals surface area contributed by atoms with Gasteiger partial charge in [-0.25, -0.2) is 4.98 Å². The van der Waals surface area contributed by atoms with Gasteiger partial charge in [0, 0.05) is 30.7 Å². The monoisotopic (exact) mass is 326 g/mol. The summed E-state index contributed by atoms with van der Waals surface area (Å²) in [6.45, 7) is 6.69. The van der Waals surface area contributed by atoms with Crippen molar-refractivity contribution in [3.63, 3.8) is 0 Å². The van der Waals surface area contributed by atoms with Gasteiger partial charge < -0.3 is 14.8 Å². The number of piperidine rings is 1. The minimum atomic E-state index is 0.145. The molecule has 128 valence electrons. The van der Waals surface area contributed by atoms with Crippen molar-refractivity contribution in [2.45, 2.75) is 26.7 Å². The summed E-state index contributed by atoms with van der Waals surface area (Å²) in [7, 11) is 1.97. The Labute approximate surface area is 143 Å². The topological polar surface area (TPSA) is 50.2 Å². The molecule has 0 spiro atoms. The van der Waals surface area contributed by atoms with Crippen LogP contribution < -0.4 is 5.32 Å². The molecule has 1 fully saturated rings. The second kappa shape index (κ2) is 7.18. The van der Waals surface area contributed by atoms with Crippen molar-refractivity contribution in [1.29, 1.82) is 0 Å². The number of carbonyl (C=O) groups excluding carboxylic acids is 1. The quantitative estimate of drug-likeness (QED) is 0.939. The van der Waals surface area contributed by atoms with E-state index in [0.29, 0.717) is 5.92 Å². The predicted molar refractivity (Wildman–Crippen MR) is 95.6 cm³/mol. The molecule has 1 unspecified atom stereocenters. The van der Waals surface area contributed by atoms with Crippen molar-refractivity contribution in [2.24, 2.45) is 5.92 Å². The third kappa shape index (κ3) is 3.22. The van der Waals surface area contributed by atoms with Gasteiger partial charge in [0.05, 0.1) is 5.56 Å². The highest BCUT2D eigenvalue weighted by atomic mass is 16.2. The van der Waals surface area contributed by atoms with Gasteiger partial charge in [-0.1, -0.05) is 6.07 Å². The number of likely N-dealkylation sites (tertiary alicyclic amines) is 1. The SMILES string of the molecule is CNCC1CCCN(C(=O)c2cc(C)n(-c3ccccn3)c2C)C1. The molecule has 3 heterocycles. The molecular formula is C19H26N4O. The zero-order valence-corrected chi connectivity index (χ0v) is 14.7. The highest BCUT2D eigenvalue weighted by Gasteiger charge is 2.26. The van der Waals surface area contributed by atoms with E-state index >= 15 is 0 Å². The van der Waals surface area contributed by atoms with E-state index in [4.69, 9.17) is 0 Å². The summed E-state index contributed by atoms with van der Waals surface area (Å²) < 4.78 is 2.06.